The van der Waals surface area contributed by atoms with Crippen molar-refractivity contribution in [2.24, 2.45) is 0 Å². The lowest BCUT2D eigenvalue weighted by molar-refractivity contribution is 0.0557. The van der Waals surface area contributed by atoms with E-state index >= 15 is 0 Å². The number of ether oxygens (including phenoxy) is 2. The molecule has 218 valence electrons. The van der Waals surface area contributed by atoms with Crippen LogP contribution in [0.2, 0.25) is 0 Å². The summed E-state index contributed by atoms with van der Waals surface area (Å²) < 4.78 is 67.5. The Kier molecular flexibility index (Phi) is 9.11. The SMILES string of the molecule is COC[C@@H](c1cc(F)cc(F)c1)n1c(COC(C)C)nc(O)c(S(=O)(=O)c2ccc(-c3cncc(C#N)c3)cc2)c1=O. The van der Waals surface area contributed by atoms with Gasteiger partial charge in [-0.3, -0.25) is 14.3 Å². The van der Waals surface area contributed by atoms with Gasteiger partial charge >= 0.3 is 0 Å². The number of methoxy groups -OCH3 is 1. The summed E-state index contributed by atoms with van der Waals surface area (Å²) in [5.74, 6) is -3.09. The predicted octanol–water partition coefficient (Wildman–Crippen LogP) is 4.15. The molecule has 1 N–H and O–H groups in total. The van der Waals surface area contributed by atoms with Crippen molar-refractivity contribution < 1.29 is 31.8 Å². The summed E-state index contributed by atoms with van der Waals surface area (Å²) in [6.07, 6.45) is 2.55. The smallest absolute Gasteiger partial charge is 0.277 e. The summed E-state index contributed by atoms with van der Waals surface area (Å²) in [4.78, 5) is 20.6. The Labute approximate surface area is 240 Å². The molecule has 2 heterocycles. The van der Waals surface area contributed by atoms with E-state index in [4.69, 9.17) is 14.7 Å². The Morgan fingerprint density at radius 2 is 1.71 bits per heavy atom. The molecule has 0 saturated carbocycles. The Morgan fingerprint density at radius 1 is 1.05 bits per heavy atom. The number of rotatable bonds is 10. The molecule has 10 nitrogen and oxygen atoms in total. The maximum absolute atomic E-state index is 14.2. The predicted molar refractivity (Wildman–Crippen MR) is 146 cm³/mol. The largest absolute Gasteiger partial charge is 0.492 e. The summed E-state index contributed by atoms with van der Waals surface area (Å²) >= 11 is 0. The lowest BCUT2D eigenvalue weighted by atomic mass is 10.1. The minimum Gasteiger partial charge on any atom is -0.492 e. The van der Waals surface area contributed by atoms with Gasteiger partial charge in [-0.25, -0.2) is 17.2 Å². The Bertz CT molecular complexity index is 1800. The van der Waals surface area contributed by atoms with E-state index in [1.807, 2.05) is 6.07 Å². The number of nitriles is 1. The summed E-state index contributed by atoms with van der Waals surface area (Å²) in [5, 5.41) is 19.9. The van der Waals surface area contributed by atoms with E-state index in [0.717, 1.165) is 16.7 Å². The lowest BCUT2D eigenvalue weighted by Crippen LogP contribution is -2.35. The van der Waals surface area contributed by atoms with Crippen molar-refractivity contribution in [2.75, 3.05) is 13.7 Å². The number of sulfone groups is 1. The van der Waals surface area contributed by atoms with Crippen molar-refractivity contribution in [3.63, 3.8) is 0 Å². The maximum Gasteiger partial charge on any atom is 0.277 e. The summed E-state index contributed by atoms with van der Waals surface area (Å²) in [7, 11) is -3.37. The highest BCUT2D eigenvalue weighted by atomic mass is 32.2. The number of hydrogen-bond donors (Lipinski definition) is 1. The summed E-state index contributed by atoms with van der Waals surface area (Å²) in [6.45, 7) is 2.80. The van der Waals surface area contributed by atoms with Gasteiger partial charge in [-0.15, -0.1) is 0 Å². The average molecular weight is 597 g/mol. The molecule has 0 aliphatic rings. The maximum atomic E-state index is 14.2. The molecule has 42 heavy (non-hydrogen) atoms. The van der Waals surface area contributed by atoms with Gasteiger partial charge in [0, 0.05) is 31.1 Å². The molecule has 1 atom stereocenters. The highest BCUT2D eigenvalue weighted by Crippen LogP contribution is 2.30. The zero-order valence-corrected chi connectivity index (χ0v) is 23.6. The van der Waals surface area contributed by atoms with Crippen LogP contribution in [0.15, 0.2) is 75.5 Å². The molecule has 2 aromatic carbocycles. The molecule has 4 aromatic rings. The monoisotopic (exact) mass is 596 g/mol. The first-order valence-corrected chi connectivity index (χ1v) is 14.1. The number of aromatic nitrogens is 3. The number of nitrogens with zero attached hydrogens (tertiary/aromatic N) is 4. The second-order valence-corrected chi connectivity index (χ2v) is 11.4. The third kappa shape index (κ3) is 6.36. The van der Waals surface area contributed by atoms with Crippen LogP contribution in [-0.2, 0) is 25.9 Å². The van der Waals surface area contributed by atoms with E-state index in [1.165, 1.54) is 43.8 Å². The van der Waals surface area contributed by atoms with Gasteiger partial charge in [0.1, 0.15) is 30.1 Å². The van der Waals surface area contributed by atoms with E-state index in [2.05, 4.69) is 9.97 Å². The number of aromatic hydroxyl groups is 1. The molecule has 4 rings (SSSR count). The summed E-state index contributed by atoms with van der Waals surface area (Å²) in [6, 6.07) is 10.3. The Hall–Kier alpha value is -4.51. The highest BCUT2D eigenvalue weighted by molar-refractivity contribution is 7.91. The molecule has 0 fully saturated rings. The third-order valence-electron chi connectivity index (χ3n) is 6.21. The fourth-order valence-electron chi connectivity index (χ4n) is 4.30. The first-order chi connectivity index (χ1) is 20.0. The van der Waals surface area contributed by atoms with Gasteiger partial charge in [0.15, 0.2) is 4.90 Å². The van der Waals surface area contributed by atoms with Gasteiger partial charge in [0.25, 0.3) is 5.56 Å². The van der Waals surface area contributed by atoms with Crippen LogP contribution in [0.25, 0.3) is 11.1 Å². The van der Waals surface area contributed by atoms with Gasteiger partial charge in [0.05, 0.1) is 29.2 Å². The van der Waals surface area contributed by atoms with Crippen LogP contribution in [0.1, 0.15) is 36.8 Å². The highest BCUT2D eigenvalue weighted by Gasteiger charge is 2.32. The second-order valence-electron chi connectivity index (χ2n) is 9.49. The van der Waals surface area contributed by atoms with E-state index < -0.39 is 43.8 Å². The fourth-order valence-corrected chi connectivity index (χ4v) is 5.64. The first kappa shape index (κ1) is 30.4. The van der Waals surface area contributed by atoms with Crippen LogP contribution < -0.4 is 5.56 Å². The average Bonchev–Trinajstić information content (AvgIpc) is 2.94. The standard InChI is InChI=1S/C29H26F2N4O6S/c1-17(2)41-16-26-34-28(36)27(29(37)35(26)25(15-40-3)20-9-22(30)11-23(31)10-20)42(38,39)24-6-4-19(5-7-24)21-8-18(12-32)13-33-14-21/h4-11,13-14,17,25,36H,15-16H2,1-3H3/t25-/m0/s1. The molecule has 0 bridgehead atoms. The molecule has 0 aliphatic carbocycles. The lowest BCUT2D eigenvalue weighted by Gasteiger charge is -2.24. The van der Waals surface area contributed by atoms with Crippen molar-refractivity contribution in [3.8, 4) is 23.1 Å². The van der Waals surface area contributed by atoms with Crippen LogP contribution >= 0.6 is 0 Å². The van der Waals surface area contributed by atoms with Crippen molar-refractivity contribution in [1.29, 1.82) is 5.26 Å². The fraction of sp³-hybridized carbons (Fsp3) is 0.241. The van der Waals surface area contributed by atoms with Crippen molar-refractivity contribution in [1.82, 2.24) is 14.5 Å². The Balaban J connectivity index is 1.89. The number of hydrogen-bond acceptors (Lipinski definition) is 9. The van der Waals surface area contributed by atoms with Crippen LogP contribution in [0.5, 0.6) is 5.88 Å². The molecule has 0 unspecified atom stereocenters. The number of halogens is 2. The topological polar surface area (TPSA) is 144 Å². The molecule has 0 spiro atoms. The van der Waals surface area contributed by atoms with Crippen LogP contribution in [0.3, 0.4) is 0 Å². The Morgan fingerprint density at radius 3 is 2.31 bits per heavy atom. The van der Waals surface area contributed by atoms with Crippen molar-refractivity contribution >= 4 is 9.84 Å². The molecular formula is C29H26F2N4O6S. The van der Waals surface area contributed by atoms with Crippen molar-refractivity contribution in [3.05, 3.63) is 99.9 Å². The molecule has 2 aromatic heterocycles. The number of benzene rings is 2. The van der Waals surface area contributed by atoms with Crippen LogP contribution in [-0.4, -0.2) is 47.9 Å². The van der Waals surface area contributed by atoms with E-state index in [-0.39, 0.29) is 35.6 Å². The zero-order valence-electron chi connectivity index (χ0n) is 22.8. The van der Waals surface area contributed by atoms with E-state index in [0.29, 0.717) is 22.8 Å². The van der Waals surface area contributed by atoms with E-state index in [9.17, 15) is 27.1 Å². The quantitative estimate of drug-likeness (QED) is 0.285. The van der Waals surface area contributed by atoms with Crippen LogP contribution in [0, 0.1) is 23.0 Å². The van der Waals surface area contributed by atoms with Crippen LogP contribution in [0.4, 0.5) is 8.78 Å². The van der Waals surface area contributed by atoms with Gasteiger partial charge in [-0.1, -0.05) is 12.1 Å². The molecular weight excluding hydrogens is 570 g/mol. The zero-order chi connectivity index (χ0) is 30.6. The molecule has 0 amide bonds. The normalized spacial score (nSPS) is 12.3. The number of pyridine rings is 1. The molecule has 0 aliphatic heterocycles. The van der Waals surface area contributed by atoms with Gasteiger partial charge < -0.3 is 14.6 Å². The van der Waals surface area contributed by atoms with Crippen molar-refractivity contribution in [2.45, 2.75) is 42.4 Å². The van der Waals surface area contributed by atoms with Gasteiger partial charge in [0.2, 0.25) is 15.7 Å². The first-order valence-electron chi connectivity index (χ1n) is 12.6. The summed E-state index contributed by atoms with van der Waals surface area (Å²) in [5.41, 5.74) is 0.199. The molecule has 13 heteroatoms. The van der Waals surface area contributed by atoms with Gasteiger partial charge in [-0.2, -0.15) is 10.2 Å². The minimum atomic E-state index is -4.67. The van der Waals surface area contributed by atoms with E-state index in [1.54, 1.807) is 19.9 Å². The second kappa shape index (κ2) is 12.6. The van der Waals surface area contributed by atoms with Gasteiger partial charge in [-0.05, 0) is 55.3 Å². The molecule has 0 radical (unpaired) electrons. The minimum absolute atomic E-state index is 0.0318. The third-order valence-corrected chi connectivity index (χ3v) is 8.00. The molecule has 0 saturated heterocycles.